The van der Waals surface area contributed by atoms with Crippen molar-refractivity contribution >= 4 is 6.08 Å². The first-order valence-electron chi connectivity index (χ1n) is 9.79. The number of nitrogens with two attached hydrogens (primary N) is 1. The number of hydrogen-bond donors (Lipinski definition) is 2. The van der Waals surface area contributed by atoms with Crippen LogP contribution in [0.15, 0.2) is 23.8 Å². The molecule has 1 unspecified atom stereocenters. The van der Waals surface area contributed by atoms with Gasteiger partial charge in [-0.25, -0.2) is 0 Å². The summed E-state index contributed by atoms with van der Waals surface area (Å²) in [7, 11) is 0. The maximum Gasteiger partial charge on any atom is 0.0647 e. The Morgan fingerprint density at radius 1 is 1.08 bits per heavy atom. The van der Waals surface area contributed by atoms with Gasteiger partial charge in [0.15, 0.2) is 0 Å². The van der Waals surface area contributed by atoms with Gasteiger partial charge in [-0.2, -0.15) is 0 Å². The van der Waals surface area contributed by atoms with Crippen molar-refractivity contribution in [2.45, 2.75) is 83.6 Å². The highest BCUT2D eigenvalue weighted by molar-refractivity contribution is 5.60. The molecule has 2 rings (SSSR count). The molecule has 24 heavy (non-hydrogen) atoms. The van der Waals surface area contributed by atoms with Gasteiger partial charge in [-0.05, 0) is 61.3 Å². The van der Waals surface area contributed by atoms with Crippen molar-refractivity contribution in [2.24, 2.45) is 5.73 Å². The molecule has 1 atom stereocenters. The average molecular weight is 330 g/mol. The fourth-order valence-corrected chi connectivity index (χ4v) is 3.56. The topological polar surface area (TPSA) is 46.2 Å². The molecule has 0 aromatic heterocycles. The van der Waals surface area contributed by atoms with E-state index >= 15 is 0 Å². The molecule has 0 spiro atoms. The molecule has 0 saturated heterocycles. The Kier molecular flexibility index (Phi) is 7.51. The standard InChI is InChI=1S/C22H35NO/c1-3-4-5-6-7-8-10-18-13-14-20-16-21(22(2,23)17-24)12-9-11-19(20)15-18/h13-16,24H,3-12,17,23H2,1-2H3. The predicted molar refractivity (Wildman–Crippen MR) is 104 cm³/mol. The van der Waals surface area contributed by atoms with Crippen LogP contribution in [0.2, 0.25) is 0 Å². The summed E-state index contributed by atoms with van der Waals surface area (Å²) < 4.78 is 0. The zero-order chi connectivity index (χ0) is 17.4. The molecule has 0 heterocycles. The van der Waals surface area contributed by atoms with Gasteiger partial charge in [0.05, 0.1) is 12.1 Å². The van der Waals surface area contributed by atoms with Crippen LogP contribution in [-0.4, -0.2) is 17.3 Å². The highest BCUT2D eigenvalue weighted by atomic mass is 16.3. The van der Waals surface area contributed by atoms with Gasteiger partial charge in [0.1, 0.15) is 0 Å². The van der Waals surface area contributed by atoms with Crippen molar-refractivity contribution < 1.29 is 5.11 Å². The Bertz CT molecular complexity index is 545. The zero-order valence-corrected chi connectivity index (χ0v) is 15.6. The van der Waals surface area contributed by atoms with E-state index in [0.29, 0.717) is 0 Å². The third-order valence-corrected chi connectivity index (χ3v) is 5.31. The maximum absolute atomic E-state index is 9.54. The molecule has 0 saturated carbocycles. The first kappa shape index (κ1) is 19.2. The van der Waals surface area contributed by atoms with Crippen LogP contribution in [0.5, 0.6) is 0 Å². The van der Waals surface area contributed by atoms with Gasteiger partial charge in [-0.15, -0.1) is 0 Å². The zero-order valence-electron chi connectivity index (χ0n) is 15.6. The number of rotatable bonds is 9. The summed E-state index contributed by atoms with van der Waals surface area (Å²) in [5, 5.41) is 9.54. The molecule has 0 fully saturated rings. The molecule has 0 amide bonds. The van der Waals surface area contributed by atoms with Crippen LogP contribution in [0, 0.1) is 0 Å². The summed E-state index contributed by atoms with van der Waals surface area (Å²) in [5.41, 5.74) is 11.0. The largest absolute Gasteiger partial charge is 0.394 e. The number of fused-ring (bicyclic) bond motifs is 1. The molecule has 1 aliphatic rings. The smallest absolute Gasteiger partial charge is 0.0647 e. The van der Waals surface area contributed by atoms with E-state index in [1.807, 2.05) is 6.92 Å². The number of aliphatic hydroxyl groups is 1. The van der Waals surface area contributed by atoms with Crippen molar-refractivity contribution in [1.82, 2.24) is 0 Å². The first-order chi connectivity index (χ1) is 11.6. The van der Waals surface area contributed by atoms with Crippen molar-refractivity contribution in [3.8, 4) is 0 Å². The van der Waals surface area contributed by atoms with Gasteiger partial charge in [0.25, 0.3) is 0 Å². The lowest BCUT2D eigenvalue weighted by Crippen LogP contribution is -2.42. The van der Waals surface area contributed by atoms with Crippen LogP contribution < -0.4 is 5.73 Å². The van der Waals surface area contributed by atoms with Crippen molar-refractivity contribution in [1.29, 1.82) is 0 Å². The number of unbranched alkanes of at least 4 members (excludes halogenated alkanes) is 5. The van der Waals surface area contributed by atoms with Crippen molar-refractivity contribution in [2.75, 3.05) is 6.61 Å². The minimum atomic E-state index is -0.598. The predicted octanol–water partition coefficient (Wildman–Crippen LogP) is 5.02. The minimum Gasteiger partial charge on any atom is -0.394 e. The average Bonchev–Trinajstić information content (AvgIpc) is 2.80. The minimum absolute atomic E-state index is 0.00425. The lowest BCUT2D eigenvalue weighted by molar-refractivity contribution is 0.229. The Morgan fingerprint density at radius 2 is 1.83 bits per heavy atom. The van der Waals surface area contributed by atoms with E-state index in [9.17, 15) is 5.11 Å². The molecule has 1 aliphatic carbocycles. The second-order valence-electron chi connectivity index (χ2n) is 7.65. The first-order valence-corrected chi connectivity index (χ1v) is 9.79. The molecule has 1 aromatic carbocycles. The summed E-state index contributed by atoms with van der Waals surface area (Å²) in [5.74, 6) is 0. The molecular weight excluding hydrogens is 294 g/mol. The Hall–Kier alpha value is -1.12. The molecule has 1 aromatic rings. The summed E-state index contributed by atoms with van der Waals surface area (Å²) >= 11 is 0. The van der Waals surface area contributed by atoms with Gasteiger partial charge in [0.2, 0.25) is 0 Å². The van der Waals surface area contributed by atoms with Crippen molar-refractivity contribution in [3.05, 3.63) is 40.5 Å². The summed E-state index contributed by atoms with van der Waals surface area (Å²) in [6.45, 7) is 4.20. The van der Waals surface area contributed by atoms with E-state index < -0.39 is 5.54 Å². The van der Waals surface area contributed by atoms with E-state index in [2.05, 4.69) is 31.2 Å². The molecule has 2 heteroatoms. The van der Waals surface area contributed by atoms with Crippen LogP contribution in [0.4, 0.5) is 0 Å². The maximum atomic E-state index is 9.54. The SMILES string of the molecule is CCCCCCCCc1ccc2c(c1)CCCC(C(C)(N)CO)=C2. The summed E-state index contributed by atoms with van der Waals surface area (Å²) in [6, 6.07) is 6.92. The molecule has 3 N–H and O–H groups in total. The van der Waals surface area contributed by atoms with Gasteiger partial charge in [-0.3, -0.25) is 0 Å². The third-order valence-electron chi connectivity index (χ3n) is 5.31. The second-order valence-corrected chi connectivity index (χ2v) is 7.65. The number of benzene rings is 1. The van der Waals surface area contributed by atoms with E-state index in [-0.39, 0.29) is 6.61 Å². The molecular formula is C22H35NO. The van der Waals surface area contributed by atoms with Crippen LogP contribution >= 0.6 is 0 Å². The Balaban J connectivity index is 1.97. The normalized spacial score (nSPS) is 16.9. The lowest BCUT2D eigenvalue weighted by atomic mass is 9.90. The monoisotopic (exact) mass is 329 g/mol. The van der Waals surface area contributed by atoms with Gasteiger partial charge >= 0.3 is 0 Å². The van der Waals surface area contributed by atoms with Crippen molar-refractivity contribution in [3.63, 3.8) is 0 Å². The number of hydrogen-bond acceptors (Lipinski definition) is 2. The molecule has 134 valence electrons. The molecule has 0 bridgehead atoms. The third kappa shape index (κ3) is 5.46. The number of aryl methyl sites for hydroxylation is 2. The Labute approximate surface area is 148 Å². The fourth-order valence-electron chi connectivity index (χ4n) is 3.56. The lowest BCUT2D eigenvalue weighted by Gasteiger charge is -2.25. The van der Waals surface area contributed by atoms with Crippen LogP contribution in [0.3, 0.4) is 0 Å². The highest BCUT2D eigenvalue weighted by Gasteiger charge is 2.24. The molecule has 2 nitrogen and oxygen atoms in total. The highest BCUT2D eigenvalue weighted by Crippen LogP contribution is 2.29. The second kappa shape index (κ2) is 9.39. The van der Waals surface area contributed by atoms with Crippen LogP contribution in [0.1, 0.15) is 81.9 Å². The number of aliphatic hydroxyl groups excluding tert-OH is 1. The van der Waals surface area contributed by atoms with Gasteiger partial charge in [0, 0.05) is 0 Å². The van der Waals surface area contributed by atoms with E-state index in [1.165, 1.54) is 67.2 Å². The Morgan fingerprint density at radius 3 is 2.58 bits per heavy atom. The quantitative estimate of drug-likeness (QED) is 0.625. The molecule has 0 radical (unpaired) electrons. The van der Waals surface area contributed by atoms with E-state index in [0.717, 1.165) is 19.3 Å². The van der Waals surface area contributed by atoms with Gasteiger partial charge in [-0.1, -0.05) is 63.3 Å². The molecule has 0 aliphatic heterocycles. The van der Waals surface area contributed by atoms with Crippen LogP contribution in [-0.2, 0) is 12.8 Å². The van der Waals surface area contributed by atoms with Crippen LogP contribution in [0.25, 0.3) is 6.08 Å². The fraction of sp³-hybridized carbons (Fsp3) is 0.636. The van der Waals surface area contributed by atoms with E-state index in [4.69, 9.17) is 5.73 Å². The van der Waals surface area contributed by atoms with Gasteiger partial charge < -0.3 is 10.8 Å². The summed E-state index contributed by atoms with van der Waals surface area (Å²) in [4.78, 5) is 0. The summed E-state index contributed by atoms with van der Waals surface area (Å²) in [6.07, 6.45) is 14.7. The van der Waals surface area contributed by atoms with E-state index in [1.54, 1.807) is 0 Å².